The molecule has 7 rings (SSSR count). The molecule has 4 aromatic rings. The number of nitrogens with two attached hydrogens (primary N) is 1. The zero-order valence-electron chi connectivity index (χ0n) is 23.5. The van der Waals surface area contributed by atoms with Crippen LogP contribution in [0.15, 0.2) is 12.1 Å². The van der Waals surface area contributed by atoms with Crippen LogP contribution in [-0.4, -0.2) is 65.5 Å². The summed E-state index contributed by atoms with van der Waals surface area (Å²) in [4.78, 5) is 13.4. The fourth-order valence-corrected chi connectivity index (χ4v) is 8.17. The number of nitrogen functional groups attached to an aromatic ring is 1. The second kappa shape index (κ2) is 10.3. The summed E-state index contributed by atoms with van der Waals surface area (Å²) in [5.74, 6) is -0.779. The van der Waals surface area contributed by atoms with Gasteiger partial charge >= 0.3 is 6.01 Å². The molecule has 0 spiro atoms. The molecule has 0 radical (unpaired) electrons. The van der Waals surface area contributed by atoms with Crippen molar-refractivity contribution in [2.75, 3.05) is 43.5 Å². The van der Waals surface area contributed by atoms with E-state index < -0.39 is 23.3 Å². The molecule has 13 heteroatoms. The Kier molecular flexibility index (Phi) is 6.76. The highest BCUT2D eigenvalue weighted by molar-refractivity contribution is 7.23. The third-order valence-electron chi connectivity index (χ3n) is 8.85. The first-order valence-electron chi connectivity index (χ1n) is 14.2. The maximum atomic E-state index is 16.9. The molecule has 0 unspecified atom stereocenters. The average molecular weight is 629 g/mol. The van der Waals surface area contributed by atoms with E-state index in [1.165, 1.54) is 12.1 Å². The van der Waals surface area contributed by atoms with Crippen LogP contribution in [0, 0.1) is 23.0 Å². The van der Waals surface area contributed by atoms with Gasteiger partial charge in [0, 0.05) is 30.0 Å². The number of thiophene rings is 1. The summed E-state index contributed by atoms with van der Waals surface area (Å²) < 4.78 is 58.6. The van der Waals surface area contributed by atoms with Crippen molar-refractivity contribution in [3.8, 4) is 29.0 Å². The molecular weight excluding hydrogens is 601 g/mol. The zero-order valence-corrected chi connectivity index (χ0v) is 25.1. The predicted molar refractivity (Wildman–Crippen MR) is 161 cm³/mol. The molecule has 224 valence electrons. The molecule has 8 nitrogen and oxygen atoms in total. The molecule has 0 aliphatic carbocycles. The number of ether oxygens (including phenoxy) is 2. The molecule has 3 aliphatic heterocycles. The van der Waals surface area contributed by atoms with Gasteiger partial charge in [0.05, 0.1) is 32.8 Å². The Balaban J connectivity index is 1.45. The van der Waals surface area contributed by atoms with Gasteiger partial charge in [-0.25, -0.2) is 13.2 Å². The average Bonchev–Trinajstić information content (AvgIpc) is 3.56. The number of nitriles is 1. The number of hydrogen-bond acceptors (Lipinski definition) is 9. The smallest absolute Gasteiger partial charge is 0.319 e. The standard InChI is InChI=1S/C30H28ClF3N6O2S/c1-14(2)40-8-9-41-25-21-24(37-29(38-28(21)40)42-13-30-6-3-7-39(30)12-15(32)10-30)23(34)20(22(25)31)16-4-5-18(33)26-19(16)17(11-35)27(36)43-26/h4-5,14-15H,3,6-10,12-13,36H2,1-2H3/t15-,30+/m1/s1. The number of aromatic nitrogens is 2. The third kappa shape index (κ3) is 4.27. The van der Waals surface area contributed by atoms with E-state index in [1.54, 1.807) is 0 Å². The van der Waals surface area contributed by atoms with E-state index in [1.807, 2.05) is 24.8 Å². The van der Waals surface area contributed by atoms with Gasteiger partial charge in [-0.2, -0.15) is 15.2 Å². The minimum Gasteiger partial charge on any atom is -0.489 e. The molecule has 2 atom stereocenters. The molecule has 2 fully saturated rings. The van der Waals surface area contributed by atoms with Gasteiger partial charge < -0.3 is 20.1 Å². The first kappa shape index (κ1) is 28.3. The quantitative estimate of drug-likeness (QED) is 0.269. The van der Waals surface area contributed by atoms with Crippen LogP contribution >= 0.6 is 22.9 Å². The van der Waals surface area contributed by atoms with Crippen LogP contribution in [0.25, 0.3) is 32.1 Å². The lowest BCUT2D eigenvalue weighted by Crippen LogP contribution is -2.43. The van der Waals surface area contributed by atoms with Crippen LogP contribution in [0.1, 0.15) is 38.7 Å². The Hall–Kier alpha value is -3.53. The lowest BCUT2D eigenvalue weighted by Gasteiger charge is -2.31. The van der Waals surface area contributed by atoms with Crippen molar-refractivity contribution in [2.24, 2.45) is 0 Å². The van der Waals surface area contributed by atoms with Crippen LogP contribution in [0.2, 0.25) is 5.02 Å². The Morgan fingerprint density at radius 1 is 1.28 bits per heavy atom. The summed E-state index contributed by atoms with van der Waals surface area (Å²) >= 11 is 7.83. The number of rotatable bonds is 5. The van der Waals surface area contributed by atoms with Crippen LogP contribution in [0.5, 0.6) is 11.8 Å². The van der Waals surface area contributed by atoms with Gasteiger partial charge in [0.25, 0.3) is 0 Å². The molecule has 0 bridgehead atoms. The molecule has 0 saturated carbocycles. The molecule has 2 aromatic carbocycles. The lowest BCUT2D eigenvalue weighted by molar-refractivity contribution is 0.107. The fraction of sp³-hybridized carbons (Fsp3) is 0.433. The number of nitrogens with zero attached hydrogens (tertiary/aromatic N) is 5. The van der Waals surface area contributed by atoms with Crippen molar-refractivity contribution in [1.29, 1.82) is 5.26 Å². The number of fused-ring (bicyclic) bond motifs is 2. The van der Waals surface area contributed by atoms with Gasteiger partial charge in [-0.3, -0.25) is 4.90 Å². The summed E-state index contributed by atoms with van der Waals surface area (Å²) in [5.41, 5.74) is 5.66. The van der Waals surface area contributed by atoms with E-state index in [0.29, 0.717) is 30.7 Å². The zero-order chi connectivity index (χ0) is 30.2. The van der Waals surface area contributed by atoms with Crippen molar-refractivity contribution in [2.45, 2.75) is 50.9 Å². The van der Waals surface area contributed by atoms with Crippen LogP contribution in [-0.2, 0) is 0 Å². The summed E-state index contributed by atoms with van der Waals surface area (Å²) in [6.45, 7) is 5.98. The minimum atomic E-state index is -0.929. The van der Waals surface area contributed by atoms with Crippen LogP contribution < -0.4 is 20.1 Å². The molecule has 2 saturated heterocycles. The fourth-order valence-electron chi connectivity index (χ4n) is 6.89. The van der Waals surface area contributed by atoms with E-state index in [9.17, 15) is 14.0 Å². The number of halogens is 4. The lowest BCUT2D eigenvalue weighted by atomic mass is 9.95. The Morgan fingerprint density at radius 3 is 2.86 bits per heavy atom. The van der Waals surface area contributed by atoms with E-state index in [-0.39, 0.29) is 73.3 Å². The highest BCUT2D eigenvalue weighted by Crippen LogP contribution is 2.51. The predicted octanol–water partition coefficient (Wildman–Crippen LogP) is 6.46. The van der Waals surface area contributed by atoms with E-state index in [2.05, 4.69) is 9.88 Å². The van der Waals surface area contributed by atoms with Crippen molar-refractivity contribution in [3.05, 3.63) is 34.4 Å². The second-order valence-corrected chi connectivity index (χ2v) is 13.1. The largest absolute Gasteiger partial charge is 0.489 e. The molecular formula is C30H28ClF3N6O2S. The van der Waals surface area contributed by atoms with E-state index >= 15 is 4.39 Å². The molecule has 3 aliphatic rings. The summed E-state index contributed by atoms with van der Waals surface area (Å²) in [6.07, 6.45) is 1.18. The van der Waals surface area contributed by atoms with Crippen molar-refractivity contribution in [3.63, 3.8) is 0 Å². The first-order valence-corrected chi connectivity index (χ1v) is 15.4. The van der Waals surface area contributed by atoms with Gasteiger partial charge in [0.2, 0.25) is 0 Å². The highest BCUT2D eigenvalue weighted by Gasteiger charge is 2.49. The SMILES string of the molecule is CC(C)N1CCOc2c(Cl)c(-c3ccc(F)c4sc(N)c(C#N)c34)c(F)c3nc(OC[C@@]45CCCN4C[C@H](F)C5)nc1c23. The normalized spacial score (nSPS) is 21.8. The van der Waals surface area contributed by atoms with Gasteiger partial charge in [0.15, 0.2) is 11.6 Å². The van der Waals surface area contributed by atoms with Gasteiger partial charge in [-0.05, 0) is 44.9 Å². The first-order chi connectivity index (χ1) is 20.6. The Bertz CT molecular complexity index is 1850. The summed E-state index contributed by atoms with van der Waals surface area (Å²) in [5, 5.41) is 10.4. The second-order valence-electron chi connectivity index (χ2n) is 11.6. The number of anilines is 2. The van der Waals surface area contributed by atoms with Gasteiger partial charge in [-0.1, -0.05) is 17.7 Å². The monoisotopic (exact) mass is 628 g/mol. The maximum absolute atomic E-state index is 16.9. The van der Waals surface area contributed by atoms with Crippen LogP contribution in [0.4, 0.5) is 24.0 Å². The number of benzene rings is 2. The van der Waals surface area contributed by atoms with E-state index in [0.717, 1.165) is 30.7 Å². The summed E-state index contributed by atoms with van der Waals surface area (Å²) in [6, 6.07) is 4.52. The van der Waals surface area contributed by atoms with Crippen molar-refractivity contribution in [1.82, 2.24) is 14.9 Å². The molecule has 2 aromatic heterocycles. The third-order valence-corrected chi connectivity index (χ3v) is 10.2. The highest BCUT2D eigenvalue weighted by atomic mass is 35.5. The molecule has 2 N–H and O–H groups in total. The van der Waals surface area contributed by atoms with Gasteiger partial charge in [-0.15, -0.1) is 11.3 Å². The minimum absolute atomic E-state index is 0.0308. The maximum Gasteiger partial charge on any atom is 0.319 e. The molecule has 0 amide bonds. The van der Waals surface area contributed by atoms with E-state index in [4.69, 9.17) is 31.8 Å². The van der Waals surface area contributed by atoms with Gasteiger partial charge in [0.1, 0.15) is 47.6 Å². The van der Waals surface area contributed by atoms with Crippen molar-refractivity contribution >= 4 is 54.7 Å². The Morgan fingerprint density at radius 2 is 2.09 bits per heavy atom. The summed E-state index contributed by atoms with van der Waals surface area (Å²) in [7, 11) is 0. The topological polar surface area (TPSA) is 101 Å². The molecule has 43 heavy (non-hydrogen) atoms. The number of hydrogen-bond donors (Lipinski definition) is 1. The van der Waals surface area contributed by atoms with Crippen molar-refractivity contribution < 1.29 is 22.6 Å². The van der Waals surface area contributed by atoms with Crippen LogP contribution in [0.3, 0.4) is 0 Å². The number of alkyl halides is 1. The molecule has 5 heterocycles. The Labute approximate surface area is 254 Å².